The molecular formula is C18H24F3N5OS. The summed E-state index contributed by atoms with van der Waals surface area (Å²) >= 11 is -1.35. The van der Waals surface area contributed by atoms with E-state index in [4.69, 9.17) is 0 Å². The molecule has 0 spiro atoms. The molecule has 2 aliphatic rings. The second kappa shape index (κ2) is 7.38. The van der Waals surface area contributed by atoms with Gasteiger partial charge in [0.25, 0.3) is 0 Å². The Bertz CT molecular complexity index is 825. The van der Waals surface area contributed by atoms with Crippen LogP contribution >= 0.6 is 0 Å². The number of alkyl halides is 3. The van der Waals surface area contributed by atoms with Gasteiger partial charge in [0.15, 0.2) is 0 Å². The van der Waals surface area contributed by atoms with Crippen LogP contribution in [0.5, 0.6) is 0 Å². The Hall–Kier alpha value is -1.52. The van der Waals surface area contributed by atoms with Gasteiger partial charge >= 0.3 is 6.18 Å². The Labute approximate surface area is 164 Å². The topological polar surface area (TPSA) is 71.1 Å². The van der Waals surface area contributed by atoms with Gasteiger partial charge in [-0.1, -0.05) is 6.92 Å². The average molecular weight is 415 g/mol. The number of fused-ring (bicyclic) bond motifs is 1. The van der Waals surface area contributed by atoms with Crippen molar-refractivity contribution in [1.82, 2.24) is 19.3 Å². The quantitative estimate of drug-likeness (QED) is 0.761. The van der Waals surface area contributed by atoms with Gasteiger partial charge in [-0.2, -0.15) is 13.2 Å². The Balaban J connectivity index is 1.30. The highest BCUT2D eigenvalue weighted by molar-refractivity contribution is 7.89. The lowest BCUT2D eigenvalue weighted by Crippen LogP contribution is -2.47. The standard InChI is InChI=1S/C18H24F3N5OS/c1-11-7-26(8-15(11)18(19,20)21)28(27)9-12-5-13(6-12)25(2)17-14-3-4-22-16(14)23-10-24-17/h3-4,10-13,15H,5-9H2,1-2H3,(H,22,23,24). The van der Waals surface area contributed by atoms with Crippen LogP contribution in [0.4, 0.5) is 19.0 Å². The minimum atomic E-state index is -4.22. The number of aromatic nitrogens is 3. The molecule has 3 unspecified atom stereocenters. The van der Waals surface area contributed by atoms with E-state index in [-0.39, 0.29) is 25.0 Å². The van der Waals surface area contributed by atoms with E-state index in [0.717, 1.165) is 29.7 Å². The monoisotopic (exact) mass is 415 g/mol. The Morgan fingerprint density at radius 2 is 2.07 bits per heavy atom. The molecule has 1 saturated carbocycles. The maximum Gasteiger partial charge on any atom is 0.393 e. The second-order valence-corrected chi connectivity index (χ2v) is 9.49. The number of hydrogen-bond acceptors (Lipinski definition) is 5. The highest BCUT2D eigenvalue weighted by Crippen LogP contribution is 2.40. The molecule has 2 fully saturated rings. The third kappa shape index (κ3) is 3.69. The molecule has 3 atom stereocenters. The van der Waals surface area contributed by atoms with Gasteiger partial charge in [-0.25, -0.2) is 9.97 Å². The minimum absolute atomic E-state index is 0.153. The molecule has 0 amide bonds. The van der Waals surface area contributed by atoms with Gasteiger partial charge in [0.1, 0.15) is 23.5 Å². The number of hydrogen-bond donors (Lipinski definition) is 1. The molecule has 3 heterocycles. The molecule has 0 radical (unpaired) electrons. The first-order valence-electron chi connectivity index (χ1n) is 9.45. The number of halogens is 3. The van der Waals surface area contributed by atoms with Gasteiger partial charge in [-0.15, -0.1) is 4.31 Å². The Kier molecular flexibility index (Phi) is 5.22. The summed E-state index contributed by atoms with van der Waals surface area (Å²) in [6.45, 7) is 1.69. The van der Waals surface area contributed by atoms with Crippen LogP contribution in [0.3, 0.4) is 0 Å². The van der Waals surface area contributed by atoms with Crippen molar-refractivity contribution >= 4 is 28.2 Å². The van der Waals surface area contributed by atoms with Crippen LogP contribution in [-0.2, 0) is 11.4 Å². The SMILES string of the molecule is CC1CN([S+]([O-])CC2CC(N(C)c3ncnc4[nH]ccc34)C2)CC1C(F)(F)F. The second-order valence-electron chi connectivity index (χ2n) is 8.00. The van der Waals surface area contributed by atoms with E-state index in [9.17, 15) is 17.7 Å². The molecule has 6 nitrogen and oxygen atoms in total. The van der Waals surface area contributed by atoms with Gasteiger partial charge in [-0.3, -0.25) is 0 Å². The first-order chi connectivity index (χ1) is 13.2. The summed E-state index contributed by atoms with van der Waals surface area (Å²) in [7, 11) is 1.99. The molecule has 10 heteroatoms. The van der Waals surface area contributed by atoms with Crippen LogP contribution in [0.1, 0.15) is 19.8 Å². The molecule has 154 valence electrons. The number of aromatic amines is 1. The van der Waals surface area contributed by atoms with Gasteiger partial charge < -0.3 is 14.4 Å². The van der Waals surface area contributed by atoms with Gasteiger partial charge in [-0.05, 0) is 24.8 Å². The van der Waals surface area contributed by atoms with Gasteiger partial charge in [0.2, 0.25) is 0 Å². The molecule has 28 heavy (non-hydrogen) atoms. The molecular weight excluding hydrogens is 391 g/mol. The zero-order chi connectivity index (χ0) is 20.1. The summed E-state index contributed by atoms with van der Waals surface area (Å²) in [5.41, 5.74) is 0.788. The van der Waals surface area contributed by atoms with Crippen molar-refractivity contribution in [2.75, 3.05) is 30.8 Å². The number of nitrogens with zero attached hydrogens (tertiary/aromatic N) is 4. The average Bonchev–Trinajstić information content (AvgIpc) is 3.22. The van der Waals surface area contributed by atoms with Gasteiger partial charge in [0.05, 0.1) is 17.8 Å². The van der Waals surface area contributed by atoms with Crippen molar-refractivity contribution in [2.45, 2.75) is 32.0 Å². The van der Waals surface area contributed by atoms with Crippen molar-refractivity contribution in [2.24, 2.45) is 17.8 Å². The smallest absolute Gasteiger partial charge is 0.393 e. The number of rotatable bonds is 5. The fourth-order valence-electron chi connectivity index (χ4n) is 4.29. The predicted molar refractivity (Wildman–Crippen MR) is 102 cm³/mol. The van der Waals surface area contributed by atoms with E-state index in [2.05, 4.69) is 19.9 Å². The van der Waals surface area contributed by atoms with Crippen LogP contribution in [0, 0.1) is 17.8 Å². The summed E-state index contributed by atoms with van der Waals surface area (Å²) in [4.78, 5) is 13.8. The van der Waals surface area contributed by atoms with Crippen molar-refractivity contribution < 1.29 is 17.7 Å². The highest BCUT2D eigenvalue weighted by Gasteiger charge is 2.51. The zero-order valence-corrected chi connectivity index (χ0v) is 16.6. The Morgan fingerprint density at radius 1 is 1.32 bits per heavy atom. The third-order valence-corrected chi connectivity index (χ3v) is 7.72. The van der Waals surface area contributed by atoms with E-state index < -0.39 is 29.4 Å². The van der Waals surface area contributed by atoms with Crippen LogP contribution < -0.4 is 4.90 Å². The lowest BCUT2D eigenvalue weighted by atomic mass is 9.81. The molecule has 1 saturated heterocycles. The van der Waals surface area contributed by atoms with E-state index in [1.165, 1.54) is 10.6 Å². The lowest BCUT2D eigenvalue weighted by Gasteiger charge is -2.42. The van der Waals surface area contributed by atoms with Crippen molar-refractivity contribution in [1.29, 1.82) is 0 Å². The zero-order valence-electron chi connectivity index (χ0n) is 15.8. The lowest BCUT2D eigenvalue weighted by molar-refractivity contribution is -0.178. The van der Waals surface area contributed by atoms with Crippen LogP contribution in [0.15, 0.2) is 18.6 Å². The fourth-order valence-corrected chi connectivity index (χ4v) is 5.90. The highest BCUT2D eigenvalue weighted by atomic mass is 32.2. The van der Waals surface area contributed by atoms with Crippen molar-refractivity contribution in [3.63, 3.8) is 0 Å². The molecule has 1 N–H and O–H groups in total. The Morgan fingerprint density at radius 3 is 2.75 bits per heavy atom. The number of H-pyrrole nitrogens is 1. The first-order valence-corrected chi connectivity index (χ1v) is 10.7. The molecule has 4 rings (SSSR count). The van der Waals surface area contributed by atoms with E-state index in [0.29, 0.717) is 5.75 Å². The molecule has 1 aliphatic heterocycles. The number of anilines is 1. The van der Waals surface area contributed by atoms with Crippen molar-refractivity contribution in [3.8, 4) is 0 Å². The van der Waals surface area contributed by atoms with Gasteiger partial charge in [0, 0.05) is 43.1 Å². The van der Waals surface area contributed by atoms with E-state index in [1.807, 2.05) is 19.3 Å². The number of nitrogens with one attached hydrogen (secondary N) is 1. The van der Waals surface area contributed by atoms with Crippen LogP contribution in [0.2, 0.25) is 0 Å². The van der Waals surface area contributed by atoms with E-state index in [1.54, 1.807) is 6.92 Å². The molecule has 2 aromatic rings. The largest absolute Gasteiger partial charge is 0.598 e. The molecule has 0 bridgehead atoms. The van der Waals surface area contributed by atoms with E-state index >= 15 is 0 Å². The molecule has 2 aromatic heterocycles. The van der Waals surface area contributed by atoms with Crippen LogP contribution in [-0.4, -0.2) is 61.9 Å². The maximum absolute atomic E-state index is 13.0. The normalized spacial score (nSPS) is 29.8. The molecule has 1 aliphatic carbocycles. The fraction of sp³-hybridized carbons (Fsp3) is 0.667. The summed E-state index contributed by atoms with van der Waals surface area (Å²) in [5, 5.41) is 0.960. The first kappa shape index (κ1) is 19.8. The maximum atomic E-state index is 13.0. The summed E-state index contributed by atoms with van der Waals surface area (Å²) in [6, 6.07) is 2.23. The third-order valence-electron chi connectivity index (χ3n) is 6.09. The summed E-state index contributed by atoms with van der Waals surface area (Å²) < 4.78 is 53.2. The van der Waals surface area contributed by atoms with Crippen LogP contribution in [0.25, 0.3) is 11.0 Å². The predicted octanol–water partition coefficient (Wildman–Crippen LogP) is 2.97. The van der Waals surface area contributed by atoms with Crippen molar-refractivity contribution in [3.05, 3.63) is 18.6 Å². The summed E-state index contributed by atoms with van der Waals surface area (Å²) in [6.07, 6.45) is 0.869. The summed E-state index contributed by atoms with van der Waals surface area (Å²) in [5.74, 6) is -0.330. The minimum Gasteiger partial charge on any atom is -0.598 e. The molecule has 0 aromatic carbocycles.